The maximum atomic E-state index is 2.36. The predicted molar refractivity (Wildman–Crippen MR) is 83.4 cm³/mol. The van der Waals surface area contributed by atoms with Crippen molar-refractivity contribution in [3.8, 4) is 0 Å². The summed E-state index contributed by atoms with van der Waals surface area (Å²) in [5.74, 6) is 0. The van der Waals surface area contributed by atoms with E-state index in [9.17, 15) is 0 Å². The summed E-state index contributed by atoms with van der Waals surface area (Å²) in [5.41, 5.74) is 5.59. The van der Waals surface area contributed by atoms with Gasteiger partial charge < -0.3 is 0 Å². The quantitative estimate of drug-likeness (QED) is 0.662. The highest BCUT2D eigenvalue weighted by molar-refractivity contribution is 5.44. The van der Waals surface area contributed by atoms with Crippen LogP contribution in [0.4, 0.5) is 0 Å². The molecule has 0 unspecified atom stereocenters. The average Bonchev–Trinajstić information content (AvgIpc) is 2.43. The van der Waals surface area contributed by atoms with Crippen LogP contribution in [0.15, 0.2) is 48.5 Å². The first-order chi connectivity index (χ1) is 9.33. The molecule has 0 aliphatic carbocycles. The Kier molecular flexibility index (Phi) is 5.20. The van der Waals surface area contributed by atoms with Crippen LogP contribution in [0.25, 0.3) is 0 Å². The van der Waals surface area contributed by atoms with Gasteiger partial charge in [-0.15, -0.1) is 0 Å². The number of aryl methyl sites for hydroxylation is 2. The maximum absolute atomic E-state index is 2.36. The van der Waals surface area contributed by atoms with E-state index in [1.165, 1.54) is 41.5 Å². The second-order valence-corrected chi connectivity index (χ2v) is 5.09. The fourth-order valence-electron chi connectivity index (χ4n) is 2.45. The molecule has 2 aromatic rings. The van der Waals surface area contributed by atoms with Gasteiger partial charge in [0, 0.05) is 6.42 Å². The van der Waals surface area contributed by atoms with Crippen molar-refractivity contribution in [1.82, 2.24) is 0 Å². The summed E-state index contributed by atoms with van der Waals surface area (Å²) >= 11 is 0. The van der Waals surface area contributed by atoms with Gasteiger partial charge in [-0.1, -0.05) is 75.2 Å². The summed E-state index contributed by atoms with van der Waals surface area (Å²) in [6.45, 7) is 4.48. The van der Waals surface area contributed by atoms with Crippen molar-refractivity contribution in [2.45, 2.75) is 39.5 Å². The van der Waals surface area contributed by atoms with E-state index < -0.39 is 0 Å². The summed E-state index contributed by atoms with van der Waals surface area (Å²) in [4.78, 5) is 0. The molecular formula is C19H23. The van der Waals surface area contributed by atoms with Gasteiger partial charge >= 0.3 is 0 Å². The minimum atomic E-state index is 1.16. The molecule has 0 aliphatic heterocycles. The van der Waals surface area contributed by atoms with E-state index in [1.807, 2.05) is 0 Å². The zero-order chi connectivity index (χ0) is 13.5. The van der Waals surface area contributed by atoms with E-state index in [-0.39, 0.29) is 0 Å². The molecule has 0 saturated heterocycles. The summed E-state index contributed by atoms with van der Waals surface area (Å²) in [6.07, 6.45) is 7.04. The fraction of sp³-hybridized carbons (Fsp3) is 0.316. The molecule has 1 radical (unpaired) electrons. The molecule has 0 nitrogen and oxygen atoms in total. The van der Waals surface area contributed by atoms with Gasteiger partial charge in [-0.2, -0.15) is 0 Å². The van der Waals surface area contributed by atoms with Gasteiger partial charge in [0.25, 0.3) is 0 Å². The topological polar surface area (TPSA) is 0 Å². The first-order valence-corrected chi connectivity index (χ1v) is 7.35. The minimum Gasteiger partial charge on any atom is -0.0651 e. The molecule has 0 aliphatic rings. The van der Waals surface area contributed by atoms with Crippen molar-refractivity contribution in [3.63, 3.8) is 0 Å². The molecule has 99 valence electrons. The van der Waals surface area contributed by atoms with Crippen molar-refractivity contribution in [1.29, 1.82) is 0 Å². The van der Waals surface area contributed by atoms with Gasteiger partial charge in [-0.25, -0.2) is 0 Å². The third kappa shape index (κ3) is 3.96. The molecule has 0 spiro atoms. The zero-order valence-electron chi connectivity index (χ0n) is 12.0. The lowest BCUT2D eigenvalue weighted by atomic mass is 9.94. The van der Waals surface area contributed by atoms with Crippen LogP contribution in [-0.2, 0) is 12.8 Å². The van der Waals surface area contributed by atoms with E-state index in [2.05, 4.69) is 68.8 Å². The van der Waals surface area contributed by atoms with Gasteiger partial charge in [0.15, 0.2) is 0 Å². The standard InChI is InChI=1S/C19H23/c1-3-8-16-12-13-18(9-4-2)19(14-16)15-17-10-6-5-7-11-17/h5-7,10-15H,3-4,8-9H2,1-2H3. The van der Waals surface area contributed by atoms with Crippen LogP contribution >= 0.6 is 0 Å². The Balaban J connectivity index is 2.26. The van der Waals surface area contributed by atoms with Gasteiger partial charge in [-0.05, 0) is 35.1 Å². The molecule has 19 heavy (non-hydrogen) atoms. The summed E-state index contributed by atoms with van der Waals surface area (Å²) in [6, 6.07) is 17.6. The van der Waals surface area contributed by atoms with Crippen molar-refractivity contribution in [2.24, 2.45) is 0 Å². The number of hydrogen-bond acceptors (Lipinski definition) is 0. The molecule has 0 bridgehead atoms. The predicted octanol–water partition coefficient (Wildman–Crippen LogP) is 5.19. The average molecular weight is 251 g/mol. The summed E-state index contributed by atoms with van der Waals surface area (Å²) in [7, 11) is 0. The number of rotatable bonds is 6. The van der Waals surface area contributed by atoms with E-state index in [0.717, 1.165) is 6.42 Å². The highest BCUT2D eigenvalue weighted by atomic mass is 14.1. The molecule has 2 rings (SSSR count). The molecule has 0 aromatic heterocycles. The van der Waals surface area contributed by atoms with Crippen LogP contribution in [0.5, 0.6) is 0 Å². The second-order valence-electron chi connectivity index (χ2n) is 5.09. The highest BCUT2D eigenvalue weighted by Gasteiger charge is 2.05. The molecular weight excluding hydrogens is 228 g/mol. The zero-order valence-corrected chi connectivity index (χ0v) is 12.0. The third-order valence-electron chi connectivity index (χ3n) is 3.39. The SMILES string of the molecule is CCCc1ccc(CCC)c([CH]c2ccccc2)c1. The first kappa shape index (κ1) is 13.9. The molecule has 0 fully saturated rings. The fourth-order valence-corrected chi connectivity index (χ4v) is 2.45. The Morgan fingerprint density at radius 3 is 2.26 bits per heavy atom. The molecule has 0 saturated carbocycles. The second kappa shape index (κ2) is 7.13. The Bertz CT molecular complexity index is 497. The van der Waals surface area contributed by atoms with Crippen LogP contribution in [-0.4, -0.2) is 0 Å². The van der Waals surface area contributed by atoms with Gasteiger partial charge in [0.05, 0.1) is 0 Å². The normalized spacial score (nSPS) is 10.6. The smallest absolute Gasteiger partial charge is 0.0202 e. The minimum absolute atomic E-state index is 1.16. The lowest BCUT2D eigenvalue weighted by Gasteiger charge is -2.11. The first-order valence-electron chi connectivity index (χ1n) is 7.35. The summed E-state index contributed by atoms with van der Waals surface area (Å²) in [5, 5.41) is 0. The molecule has 0 heteroatoms. The number of benzene rings is 2. The van der Waals surface area contributed by atoms with Gasteiger partial charge in [0.2, 0.25) is 0 Å². The number of hydrogen-bond donors (Lipinski definition) is 0. The molecule has 0 atom stereocenters. The van der Waals surface area contributed by atoms with E-state index in [4.69, 9.17) is 0 Å². The largest absolute Gasteiger partial charge is 0.0651 e. The molecule has 0 N–H and O–H groups in total. The lowest BCUT2D eigenvalue weighted by Crippen LogP contribution is -1.96. The van der Waals surface area contributed by atoms with Gasteiger partial charge in [0.1, 0.15) is 0 Å². The van der Waals surface area contributed by atoms with Crippen molar-refractivity contribution in [2.75, 3.05) is 0 Å². The highest BCUT2D eigenvalue weighted by Crippen LogP contribution is 2.20. The van der Waals surface area contributed by atoms with Gasteiger partial charge in [-0.3, -0.25) is 0 Å². The Morgan fingerprint density at radius 1 is 0.842 bits per heavy atom. The maximum Gasteiger partial charge on any atom is 0.0202 e. The van der Waals surface area contributed by atoms with Crippen molar-refractivity contribution in [3.05, 3.63) is 77.2 Å². The summed E-state index contributed by atoms with van der Waals surface area (Å²) < 4.78 is 0. The Morgan fingerprint density at radius 2 is 1.58 bits per heavy atom. The van der Waals surface area contributed by atoms with Crippen molar-refractivity contribution >= 4 is 0 Å². The monoisotopic (exact) mass is 251 g/mol. The van der Waals surface area contributed by atoms with Crippen LogP contribution in [0, 0.1) is 6.42 Å². The molecule has 0 amide bonds. The molecule has 0 heterocycles. The molecule has 2 aromatic carbocycles. The van der Waals surface area contributed by atoms with E-state index in [1.54, 1.807) is 0 Å². The van der Waals surface area contributed by atoms with Crippen molar-refractivity contribution < 1.29 is 0 Å². The Hall–Kier alpha value is -1.56. The third-order valence-corrected chi connectivity index (χ3v) is 3.39. The van der Waals surface area contributed by atoms with Crippen LogP contribution < -0.4 is 0 Å². The van der Waals surface area contributed by atoms with Crippen LogP contribution in [0.2, 0.25) is 0 Å². The van der Waals surface area contributed by atoms with Crippen LogP contribution in [0.3, 0.4) is 0 Å². The van der Waals surface area contributed by atoms with E-state index >= 15 is 0 Å². The van der Waals surface area contributed by atoms with Crippen LogP contribution in [0.1, 0.15) is 48.9 Å². The Labute approximate surface area is 117 Å². The lowest BCUT2D eigenvalue weighted by molar-refractivity contribution is 0.897. The van der Waals surface area contributed by atoms with E-state index in [0.29, 0.717) is 0 Å².